The fourth-order valence-corrected chi connectivity index (χ4v) is 1.85. The number of nitrogens with two attached hydrogens (primary N) is 1. The van der Waals surface area contributed by atoms with E-state index < -0.39 is 17.7 Å². The predicted octanol–water partition coefficient (Wildman–Crippen LogP) is 0.0174. The van der Waals surface area contributed by atoms with Crippen molar-refractivity contribution in [2.24, 2.45) is 17.6 Å². The van der Waals surface area contributed by atoms with E-state index in [0.29, 0.717) is 6.42 Å². The number of halogens is 1. The summed E-state index contributed by atoms with van der Waals surface area (Å²) in [5.74, 6) is -1.66. The molecule has 0 bridgehead atoms. The highest BCUT2D eigenvalue weighted by molar-refractivity contribution is 6.22. The quantitative estimate of drug-likeness (QED) is 0.505. The Hall–Kier alpha value is -1.03. The number of primary amides is 1. The number of rotatable bonds is 2. The number of alkyl halides is 1. The molecule has 0 aromatic rings. The van der Waals surface area contributed by atoms with Crippen molar-refractivity contribution in [3.05, 3.63) is 12.2 Å². The molecule has 0 heterocycles. The first-order chi connectivity index (χ1) is 6.56. The van der Waals surface area contributed by atoms with Gasteiger partial charge in [-0.15, -0.1) is 11.6 Å². The summed E-state index contributed by atoms with van der Waals surface area (Å²) in [7, 11) is 1.53. The van der Waals surface area contributed by atoms with Gasteiger partial charge in [0.25, 0.3) is 0 Å². The third kappa shape index (κ3) is 2.26. The maximum Gasteiger partial charge on any atom is 0.227 e. The molecule has 78 valence electrons. The topological polar surface area (TPSA) is 72.2 Å². The van der Waals surface area contributed by atoms with E-state index in [-0.39, 0.29) is 11.3 Å². The minimum absolute atomic E-state index is 0.200. The number of hydrogen-bond acceptors (Lipinski definition) is 2. The third-order valence-electron chi connectivity index (χ3n) is 2.35. The maximum atomic E-state index is 11.4. The largest absolute Gasteiger partial charge is 0.369 e. The van der Waals surface area contributed by atoms with Crippen LogP contribution in [0.25, 0.3) is 0 Å². The van der Waals surface area contributed by atoms with Crippen molar-refractivity contribution >= 4 is 23.4 Å². The Morgan fingerprint density at radius 3 is 2.64 bits per heavy atom. The van der Waals surface area contributed by atoms with Crippen LogP contribution >= 0.6 is 11.6 Å². The second kappa shape index (κ2) is 4.46. The molecule has 3 N–H and O–H groups in total. The SMILES string of the molecule is CNC(=O)C1C=CC(Cl)CC1C(N)=O. The number of nitrogens with one attached hydrogen (secondary N) is 1. The average molecular weight is 217 g/mol. The summed E-state index contributed by atoms with van der Waals surface area (Å²) in [5, 5.41) is 2.28. The molecule has 3 unspecified atom stereocenters. The lowest BCUT2D eigenvalue weighted by molar-refractivity contribution is -0.131. The van der Waals surface area contributed by atoms with E-state index in [0.717, 1.165) is 0 Å². The lowest BCUT2D eigenvalue weighted by Gasteiger charge is -2.25. The molecule has 0 aromatic carbocycles. The van der Waals surface area contributed by atoms with Crippen LogP contribution in [0.3, 0.4) is 0 Å². The molecule has 1 aliphatic rings. The van der Waals surface area contributed by atoms with Crippen molar-refractivity contribution in [2.75, 3.05) is 7.05 Å². The van der Waals surface area contributed by atoms with E-state index in [4.69, 9.17) is 17.3 Å². The first kappa shape index (κ1) is 11.0. The van der Waals surface area contributed by atoms with Gasteiger partial charge in [-0.05, 0) is 6.42 Å². The molecule has 0 aromatic heterocycles. The second-order valence-electron chi connectivity index (χ2n) is 3.29. The van der Waals surface area contributed by atoms with Gasteiger partial charge >= 0.3 is 0 Å². The molecule has 3 atom stereocenters. The van der Waals surface area contributed by atoms with E-state index in [2.05, 4.69) is 5.32 Å². The standard InChI is InChI=1S/C9H13ClN2O2/c1-12-9(14)6-3-2-5(10)4-7(6)8(11)13/h2-3,5-7H,4H2,1H3,(H2,11,13)(H,12,14). The molecule has 5 heteroatoms. The van der Waals surface area contributed by atoms with Crippen LogP contribution in [0, 0.1) is 11.8 Å². The van der Waals surface area contributed by atoms with E-state index in [1.54, 1.807) is 12.2 Å². The summed E-state index contributed by atoms with van der Waals surface area (Å²) in [4.78, 5) is 22.5. The average Bonchev–Trinajstić information content (AvgIpc) is 2.16. The second-order valence-corrected chi connectivity index (χ2v) is 3.85. The van der Waals surface area contributed by atoms with Gasteiger partial charge in [0.1, 0.15) is 0 Å². The zero-order chi connectivity index (χ0) is 10.7. The maximum absolute atomic E-state index is 11.4. The first-order valence-corrected chi connectivity index (χ1v) is 4.83. The lowest BCUT2D eigenvalue weighted by atomic mass is 9.82. The summed E-state index contributed by atoms with van der Waals surface area (Å²) >= 11 is 5.84. The van der Waals surface area contributed by atoms with Gasteiger partial charge in [-0.1, -0.05) is 12.2 Å². The van der Waals surface area contributed by atoms with Crippen molar-refractivity contribution < 1.29 is 9.59 Å². The van der Waals surface area contributed by atoms with Crippen molar-refractivity contribution in [1.82, 2.24) is 5.32 Å². The Morgan fingerprint density at radius 1 is 1.50 bits per heavy atom. The Kier molecular flexibility index (Phi) is 3.52. The summed E-state index contributed by atoms with van der Waals surface area (Å²) < 4.78 is 0. The summed E-state index contributed by atoms with van der Waals surface area (Å²) in [6.45, 7) is 0. The molecule has 14 heavy (non-hydrogen) atoms. The molecule has 0 saturated carbocycles. The van der Waals surface area contributed by atoms with Crippen molar-refractivity contribution in [3.63, 3.8) is 0 Å². The van der Waals surface area contributed by atoms with Crippen LogP contribution in [0.2, 0.25) is 0 Å². The highest BCUT2D eigenvalue weighted by atomic mass is 35.5. The third-order valence-corrected chi connectivity index (χ3v) is 2.68. The molecule has 4 nitrogen and oxygen atoms in total. The summed E-state index contributed by atoms with van der Waals surface area (Å²) in [6, 6.07) is 0. The van der Waals surface area contributed by atoms with Crippen LogP contribution < -0.4 is 11.1 Å². The number of allylic oxidation sites excluding steroid dienone is 1. The minimum atomic E-state index is -0.498. The Bertz CT molecular complexity index is 278. The van der Waals surface area contributed by atoms with Crippen molar-refractivity contribution in [3.8, 4) is 0 Å². The number of hydrogen-bond donors (Lipinski definition) is 2. The smallest absolute Gasteiger partial charge is 0.227 e. The zero-order valence-electron chi connectivity index (χ0n) is 7.87. The van der Waals surface area contributed by atoms with Crippen molar-refractivity contribution in [2.45, 2.75) is 11.8 Å². The molecule has 0 radical (unpaired) electrons. The van der Waals surface area contributed by atoms with Gasteiger partial charge < -0.3 is 11.1 Å². The molecule has 2 amide bonds. The Labute approximate surface area is 87.5 Å². The number of carbonyl (C=O) groups excluding carboxylic acids is 2. The van der Waals surface area contributed by atoms with E-state index in [9.17, 15) is 9.59 Å². The molecule has 1 rings (SSSR count). The van der Waals surface area contributed by atoms with Gasteiger partial charge in [0, 0.05) is 7.05 Å². The van der Waals surface area contributed by atoms with Gasteiger partial charge in [-0.3, -0.25) is 9.59 Å². The van der Waals surface area contributed by atoms with Crippen molar-refractivity contribution in [1.29, 1.82) is 0 Å². The van der Waals surface area contributed by atoms with E-state index in [1.807, 2.05) is 0 Å². The van der Waals surface area contributed by atoms with Gasteiger partial charge in [-0.2, -0.15) is 0 Å². The normalized spacial score (nSPS) is 31.1. The Balaban J connectivity index is 2.84. The van der Waals surface area contributed by atoms with Crippen LogP contribution in [-0.4, -0.2) is 24.2 Å². The van der Waals surface area contributed by atoms with E-state index >= 15 is 0 Å². The van der Waals surface area contributed by atoms with Gasteiger partial charge in [-0.25, -0.2) is 0 Å². The van der Waals surface area contributed by atoms with Gasteiger partial charge in [0.15, 0.2) is 0 Å². The van der Waals surface area contributed by atoms with Crippen LogP contribution in [0.1, 0.15) is 6.42 Å². The van der Waals surface area contributed by atoms with E-state index in [1.165, 1.54) is 7.05 Å². The summed E-state index contributed by atoms with van der Waals surface area (Å²) in [5.41, 5.74) is 5.20. The highest BCUT2D eigenvalue weighted by Gasteiger charge is 2.33. The number of carbonyl (C=O) groups is 2. The minimum Gasteiger partial charge on any atom is -0.369 e. The fraction of sp³-hybridized carbons (Fsp3) is 0.556. The molecule has 0 saturated heterocycles. The molecular formula is C9H13ClN2O2. The molecular weight excluding hydrogens is 204 g/mol. The molecule has 1 aliphatic carbocycles. The Morgan fingerprint density at radius 2 is 2.14 bits per heavy atom. The van der Waals surface area contributed by atoms with Crippen LogP contribution in [0.5, 0.6) is 0 Å². The van der Waals surface area contributed by atoms with Crippen LogP contribution in [0.4, 0.5) is 0 Å². The van der Waals surface area contributed by atoms with Gasteiger partial charge in [0.05, 0.1) is 17.2 Å². The monoisotopic (exact) mass is 216 g/mol. The van der Waals surface area contributed by atoms with Crippen LogP contribution in [0.15, 0.2) is 12.2 Å². The number of amides is 2. The summed E-state index contributed by atoms with van der Waals surface area (Å²) in [6.07, 6.45) is 3.79. The first-order valence-electron chi connectivity index (χ1n) is 4.39. The molecule has 0 fully saturated rings. The lowest BCUT2D eigenvalue weighted by Crippen LogP contribution is -2.40. The van der Waals surface area contributed by atoms with Gasteiger partial charge in [0.2, 0.25) is 11.8 Å². The predicted molar refractivity (Wildman–Crippen MR) is 53.6 cm³/mol. The van der Waals surface area contributed by atoms with Crippen LogP contribution in [-0.2, 0) is 9.59 Å². The molecule has 0 spiro atoms. The molecule has 0 aliphatic heterocycles. The zero-order valence-corrected chi connectivity index (χ0v) is 8.62. The highest BCUT2D eigenvalue weighted by Crippen LogP contribution is 2.27. The fourth-order valence-electron chi connectivity index (χ4n) is 1.57.